The van der Waals surface area contributed by atoms with Crippen LogP contribution < -0.4 is 5.73 Å². The fourth-order valence-corrected chi connectivity index (χ4v) is 3.39. The van der Waals surface area contributed by atoms with Gasteiger partial charge in [-0.05, 0) is 18.0 Å². The first kappa shape index (κ1) is 11.9. The van der Waals surface area contributed by atoms with Crippen molar-refractivity contribution in [2.75, 3.05) is 12.0 Å². The number of hydrogen-bond acceptors (Lipinski definition) is 8. The van der Waals surface area contributed by atoms with Crippen LogP contribution in [0.5, 0.6) is 0 Å². The molecule has 16 heavy (non-hydrogen) atoms. The fourth-order valence-electron chi connectivity index (χ4n) is 0.840. The molecule has 0 aliphatic carbocycles. The maximum absolute atomic E-state index is 5.94. The van der Waals surface area contributed by atoms with E-state index in [4.69, 9.17) is 17.3 Å². The van der Waals surface area contributed by atoms with Crippen molar-refractivity contribution in [1.29, 1.82) is 0 Å². The van der Waals surface area contributed by atoms with Crippen LogP contribution in [0.4, 0.5) is 5.95 Å². The predicted octanol–water partition coefficient (Wildman–Crippen LogP) is 2.44. The molecule has 0 bridgehead atoms. The van der Waals surface area contributed by atoms with Crippen molar-refractivity contribution in [2.24, 2.45) is 0 Å². The number of halogens is 1. The van der Waals surface area contributed by atoms with Crippen LogP contribution in [0.25, 0.3) is 0 Å². The first-order valence-electron chi connectivity index (χ1n) is 4.02. The number of aromatic nitrogens is 4. The van der Waals surface area contributed by atoms with E-state index < -0.39 is 0 Å². The second-order valence-electron chi connectivity index (χ2n) is 2.52. The van der Waals surface area contributed by atoms with Crippen molar-refractivity contribution in [2.45, 2.75) is 13.7 Å². The molecule has 0 saturated carbocycles. The fraction of sp³-hybridized carbons (Fsp3) is 0.143. The van der Waals surface area contributed by atoms with Gasteiger partial charge in [0.2, 0.25) is 5.95 Å². The Bertz CT molecular complexity index is 503. The van der Waals surface area contributed by atoms with Crippen LogP contribution in [0.15, 0.2) is 19.9 Å². The van der Waals surface area contributed by atoms with Crippen molar-refractivity contribution in [3.8, 4) is 0 Å². The lowest BCUT2D eigenvalue weighted by Crippen LogP contribution is -1.95. The number of thioether (sulfide) groups is 1. The quantitative estimate of drug-likeness (QED) is 0.687. The molecule has 0 aliphatic heterocycles. The van der Waals surface area contributed by atoms with Crippen LogP contribution in [0.3, 0.4) is 0 Å². The number of anilines is 1. The number of nitrogens with two attached hydrogens (primary N) is 1. The van der Waals surface area contributed by atoms with Gasteiger partial charge in [-0.25, -0.2) is 9.97 Å². The Balaban J connectivity index is 2.22. The molecule has 0 saturated heterocycles. The van der Waals surface area contributed by atoms with Crippen LogP contribution in [-0.2, 0) is 0 Å². The Kier molecular flexibility index (Phi) is 3.85. The average Bonchev–Trinajstić information content (AvgIpc) is 2.71. The highest BCUT2D eigenvalue weighted by atomic mass is 35.5. The number of nitrogens with zero attached hydrogens (tertiary/aromatic N) is 4. The molecule has 2 heterocycles. The third-order valence-corrected chi connectivity index (χ3v) is 4.82. The second-order valence-corrected chi connectivity index (χ2v) is 6.20. The van der Waals surface area contributed by atoms with E-state index in [9.17, 15) is 0 Å². The Labute approximate surface area is 109 Å². The molecule has 0 radical (unpaired) electrons. The molecule has 0 atom stereocenters. The van der Waals surface area contributed by atoms with E-state index in [-0.39, 0.29) is 5.95 Å². The summed E-state index contributed by atoms with van der Waals surface area (Å²) < 4.78 is 1.69. The minimum atomic E-state index is 0.196. The van der Waals surface area contributed by atoms with E-state index in [2.05, 4.69) is 20.2 Å². The lowest BCUT2D eigenvalue weighted by molar-refractivity contribution is 0.952. The first-order valence-corrected chi connectivity index (χ1v) is 7.26. The Morgan fingerprint density at radius 3 is 2.81 bits per heavy atom. The van der Waals surface area contributed by atoms with Crippen LogP contribution in [-0.4, -0.2) is 26.4 Å². The lowest BCUT2D eigenvalue weighted by atomic mass is 10.7. The summed E-state index contributed by atoms with van der Waals surface area (Å²) in [5.74, 6) is 0.196. The Hall–Kier alpha value is -0.570. The minimum absolute atomic E-state index is 0.196. The highest BCUT2D eigenvalue weighted by molar-refractivity contribution is 8.03. The first-order chi connectivity index (χ1) is 7.69. The standard InChI is InChI=1S/C7H6ClN5S3/c1-14-6-12-13-7(16-6)15-4-3(8)2-10-5(9)11-4/h2H,1H3,(H2,9,10,11). The summed E-state index contributed by atoms with van der Waals surface area (Å²) >= 11 is 10.3. The second kappa shape index (κ2) is 5.17. The smallest absolute Gasteiger partial charge is 0.221 e. The SMILES string of the molecule is CSc1nnc(Sc2nc(N)ncc2Cl)s1. The number of hydrogen-bond donors (Lipinski definition) is 1. The lowest BCUT2D eigenvalue weighted by Gasteiger charge is -1.99. The van der Waals surface area contributed by atoms with Gasteiger partial charge in [-0.1, -0.05) is 34.7 Å². The summed E-state index contributed by atoms with van der Waals surface area (Å²) in [6, 6.07) is 0. The highest BCUT2D eigenvalue weighted by Gasteiger charge is 2.10. The molecule has 0 unspecified atom stereocenters. The van der Waals surface area contributed by atoms with Crippen molar-refractivity contribution in [3.63, 3.8) is 0 Å². The topological polar surface area (TPSA) is 77.6 Å². The molecule has 0 aromatic carbocycles. The largest absolute Gasteiger partial charge is 0.368 e. The summed E-state index contributed by atoms with van der Waals surface area (Å²) in [5.41, 5.74) is 5.48. The zero-order chi connectivity index (χ0) is 11.5. The molecule has 9 heteroatoms. The third kappa shape index (κ3) is 2.76. The molecule has 2 N–H and O–H groups in total. The Morgan fingerprint density at radius 2 is 2.12 bits per heavy atom. The van der Waals surface area contributed by atoms with Gasteiger partial charge in [-0.15, -0.1) is 10.2 Å². The van der Waals surface area contributed by atoms with E-state index in [1.165, 1.54) is 29.3 Å². The maximum Gasteiger partial charge on any atom is 0.221 e. The molecular formula is C7H6ClN5S3. The van der Waals surface area contributed by atoms with E-state index in [1.54, 1.807) is 11.8 Å². The van der Waals surface area contributed by atoms with Crippen LogP contribution in [0.2, 0.25) is 5.02 Å². The van der Waals surface area contributed by atoms with E-state index in [0.29, 0.717) is 10.0 Å². The van der Waals surface area contributed by atoms with Gasteiger partial charge in [0.1, 0.15) is 5.03 Å². The third-order valence-electron chi connectivity index (χ3n) is 1.48. The molecule has 84 valence electrons. The summed E-state index contributed by atoms with van der Waals surface area (Å²) in [7, 11) is 0. The highest BCUT2D eigenvalue weighted by Crippen LogP contribution is 2.35. The summed E-state index contributed by atoms with van der Waals surface area (Å²) in [5, 5.41) is 9.03. The summed E-state index contributed by atoms with van der Waals surface area (Å²) in [4.78, 5) is 7.82. The van der Waals surface area contributed by atoms with Crippen molar-refractivity contribution in [3.05, 3.63) is 11.2 Å². The Morgan fingerprint density at radius 1 is 1.38 bits per heavy atom. The van der Waals surface area contributed by atoms with Crippen molar-refractivity contribution < 1.29 is 0 Å². The zero-order valence-corrected chi connectivity index (χ0v) is 11.3. The van der Waals surface area contributed by atoms with Gasteiger partial charge < -0.3 is 5.73 Å². The molecular weight excluding hydrogens is 286 g/mol. The molecule has 0 amide bonds. The van der Waals surface area contributed by atoms with Gasteiger partial charge in [0.05, 0.1) is 11.2 Å². The molecule has 2 rings (SSSR count). The van der Waals surface area contributed by atoms with E-state index in [0.717, 1.165) is 8.68 Å². The monoisotopic (exact) mass is 291 g/mol. The average molecular weight is 292 g/mol. The van der Waals surface area contributed by atoms with Crippen LogP contribution in [0, 0.1) is 0 Å². The zero-order valence-electron chi connectivity index (χ0n) is 8.05. The molecule has 0 aliphatic rings. The molecule has 2 aromatic heterocycles. The minimum Gasteiger partial charge on any atom is -0.368 e. The molecule has 0 spiro atoms. The maximum atomic E-state index is 5.94. The van der Waals surface area contributed by atoms with Gasteiger partial charge in [0.15, 0.2) is 8.68 Å². The van der Waals surface area contributed by atoms with Crippen molar-refractivity contribution >= 4 is 52.4 Å². The van der Waals surface area contributed by atoms with Crippen LogP contribution >= 0.6 is 46.5 Å². The van der Waals surface area contributed by atoms with Gasteiger partial charge in [0.25, 0.3) is 0 Å². The summed E-state index contributed by atoms with van der Waals surface area (Å²) in [6.07, 6.45) is 3.42. The molecule has 0 fully saturated rings. The normalized spacial score (nSPS) is 10.6. The van der Waals surface area contributed by atoms with E-state index >= 15 is 0 Å². The molecule has 5 nitrogen and oxygen atoms in total. The van der Waals surface area contributed by atoms with Gasteiger partial charge in [0, 0.05) is 0 Å². The van der Waals surface area contributed by atoms with E-state index in [1.807, 2.05) is 6.26 Å². The number of rotatable bonds is 3. The molecule has 2 aromatic rings. The summed E-state index contributed by atoms with van der Waals surface area (Å²) in [6.45, 7) is 0. The van der Waals surface area contributed by atoms with Gasteiger partial charge >= 0.3 is 0 Å². The van der Waals surface area contributed by atoms with Crippen LogP contribution in [0.1, 0.15) is 0 Å². The predicted molar refractivity (Wildman–Crippen MR) is 67.3 cm³/mol. The van der Waals surface area contributed by atoms with Gasteiger partial charge in [-0.3, -0.25) is 0 Å². The van der Waals surface area contributed by atoms with Crippen molar-refractivity contribution in [1.82, 2.24) is 20.2 Å². The number of nitrogen functional groups attached to an aromatic ring is 1. The van der Waals surface area contributed by atoms with Gasteiger partial charge in [-0.2, -0.15) is 0 Å².